The summed E-state index contributed by atoms with van der Waals surface area (Å²) in [6.45, 7) is 2.89. The standard InChI is InChI=1S/C19H18N4O3/c1-3-26-19(25)16(12(2)24)17(13-7-5-4-6-8-13)15(11-22)18(23)14(9-20)10-21/h4-8,15-17H,3,23H2,1-2H3/t15-,16-,17-/m1/s1. The Labute approximate surface area is 151 Å². The number of carbonyl (C=O) groups is 2. The number of benzene rings is 1. The van der Waals surface area contributed by atoms with Crippen molar-refractivity contribution in [2.75, 3.05) is 6.61 Å². The summed E-state index contributed by atoms with van der Waals surface area (Å²) >= 11 is 0. The van der Waals surface area contributed by atoms with Gasteiger partial charge in [0.1, 0.15) is 29.4 Å². The van der Waals surface area contributed by atoms with E-state index in [4.69, 9.17) is 21.0 Å². The van der Waals surface area contributed by atoms with E-state index in [1.807, 2.05) is 6.07 Å². The first-order valence-corrected chi connectivity index (χ1v) is 7.84. The van der Waals surface area contributed by atoms with E-state index in [1.54, 1.807) is 49.4 Å². The maximum atomic E-state index is 12.4. The number of ketones is 1. The number of nitrogens with zero attached hydrogens (tertiary/aromatic N) is 3. The summed E-state index contributed by atoms with van der Waals surface area (Å²) in [5, 5.41) is 27.8. The topological polar surface area (TPSA) is 141 Å². The molecule has 7 heteroatoms. The van der Waals surface area contributed by atoms with Crippen molar-refractivity contribution in [1.82, 2.24) is 0 Å². The Hall–Kier alpha value is -3.63. The molecule has 2 N–H and O–H groups in total. The average molecular weight is 350 g/mol. The van der Waals surface area contributed by atoms with Crippen molar-refractivity contribution in [3.63, 3.8) is 0 Å². The molecular formula is C19H18N4O3. The van der Waals surface area contributed by atoms with Crippen LogP contribution in [0, 0.1) is 45.8 Å². The molecule has 0 aliphatic rings. The maximum absolute atomic E-state index is 12.4. The predicted octanol–water partition coefficient (Wildman–Crippen LogP) is 1.94. The molecule has 0 spiro atoms. The SMILES string of the molecule is CCOC(=O)[C@H](C(C)=O)[C@H](c1ccccc1)[C@@H](C#N)C(N)=C(C#N)C#N. The highest BCUT2D eigenvalue weighted by molar-refractivity contribution is 5.99. The molecule has 7 nitrogen and oxygen atoms in total. The summed E-state index contributed by atoms with van der Waals surface area (Å²) in [4.78, 5) is 24.6. The fraction of sp³-hybridized carbons (Fsp3) is 0.316. The number of nitrogens with two attached hydrogens (primary N) is 1. The fourth-order valence-electron chi connectivity index (χ4n) is 2.70. The van der Waals surface area contributed by atoms with Crippen molar-refractivity contribution in [3.05, 3.63) is 47.2 Å². The van der Waals surface area contributed by atoms with Crippen molar-refractivity contribution in [2.24, 2.45) is 17.6 Å². The summed E-state index contributed by atoms with van der Waals surface area (Å²) in [7, 11) is 0. The molecule has 1 rings (SSSR count). The first-order valence-electron chi connectivity index (χ1n) is 7.84. The van der Waals surface area contributed by atoms with E-state index in [1.165, 1.54) is 6.92 Å². The lowest BCUT2D eigenvalue weighted by Gasteiger charge is -2.28. The van der Waals surface area contributed by atoms with Gasteiger partial charge in [-0.15, -0.1) is 0 Å². The second kappa shape index (κ2) is 9.61. The number of ether oxygens (including phenoxy) is 1. The van der Waals surface area contributed by atoms with Crippen molar-refractivity contribution in [3.8, 4) is 18.2 Å². The smallest absolute Gasteiger partial charge is 0.317 e. The second-order valence-electron chi connectivity index (χ2n) is 5.44. The molecule has 26 heavy (non-hydrogen) atoms. The lowest BCUT2D eigenvalue weighted by atomic mass is 9.74. The maximum Gasteiger partial charge on any atom is 0.317 e. The monoisotopic (exact) mass is 350 g/mol. The molecule has 0 aliphatic heterocycles. The van der Waals surface area contributed by atoms with Crippen LogP contribution in [0.1, 0.15) is 25.3 Å². The van der Waals surface area contributed by atoms with Crippen molar-refractivity contribution in [2.45, 2.75) is 19.8 Å². The molecule has 0 aliphatic carbocycles. The lowest BCUT2D eigenvalue weighted by Crippen LogP contribution is -2.36. The van der Waals surface area contributed by atoms with Gasteiger partial charge in [0.05, 0.1) is 24.3 Å². The van der Waals surface area contributed by atoms with Gasteiger partial charge in [0.2, 0.25) is 0 Å². The van der Waals surface area contributed by atoms with E-state index in [-0.39, 0.29) is 12.3 Å². The van der Waals surface area contributed by atoms with Gasteiger partial charge < -0.3 is 10.5 Å². The predicted molar refractivity (Wildman–Crippen MR) is 91.5 cm³/mol. The van der Waals surface area contributed by atoms with Crippen LogP contribution in [0.15, 0.2) is 41.6 Å². The number of esters is 1. The molecule has 0 bridgehead atoms. The first kappa shape index (κ1) is 20.4. The number of hydrogen-bond donors (Lipinski definition) is 1. The molecule has 0 radical (unpaired) electrons. The van der Waals surface area contributed by atoms with E-state index in [0.29, 0.717) is 5.56 Å². The number of carbonyl (C=O) groups excluding carboxylic acids is 2. The zero-order valence-electron chi connectivity index (χ0n) is 14.5. The third kappa shape index (κ3) is 4.47. The van der Waals surface area contributed by atoms with Gasteiger partial charge in [-0.25, -0.2) is 0 Å². The van der Waals surface area contributed by atoms with E-state index in [2.05, 4.69) is 0 Å². The minimum absolute atomic E-state index is 0.0638. The van der Waals surface area contributed by atoms with Crippen LogP contribution in [0.5, 0.6) is 0 Å². The summed E-state index contributed by atoms with van der Waals surface area (Å²) in [6.07, 6.45) is 0. The normalized spacial score (nSPS) is 13.0. The van der Waals surface area contributed by atoms with Gasteiger partial charge in [-0.05, 0) is 19.4 Å². The molecule has 0 unspecified atom stereocenters. The van der Waals surface area contributed by atoms with Crippen molar-refractivity contribution >= 4 is 11.8 Å². The van der Waals surface area contributed by atoms with Crippen molar-refractivity contribution in [1.29, 1.82) is 15.8 Å². The van der Waals surface area contributed by atoms with Gasteiger partial charge in [0, 0.05) is 5.92 Å². The first-order chi connectivity index (χ1) is 12.4. The Morgan fingerprint density at radius 2 is 1.73 bits per heavy atom. The van der Waals surface area contributed by atoms with E-state index in [0.717, 1.165) is 0 Å². The Bertz CT molecular complexity index is 809. The molecule has 0 saturated carbocycles. The zero-order chi connectivity index (χ0) is 19.7. The van der Waals surface area contributed by atoms with Crippen LogP contribution in [0.4, 0.5) is 0 Å². The quantitative estimate of drug-likeness (QED) is 0.450. The second-order valence-corrected chi connectivity index (χ2v) is 5.44. The van der Waals surface area contributed by atoms with E-state index >= 15 is 0 Å². The Morgan fingerprint density at radius 1 is 1.15 bits per heavy atom. The third-order valence-corrected chi connectivity index (χ3v) is 3.87. The van der Waals surface area contributed by atoms with Crippen LogP contribution in [-0.2, 0) is 14.3 Å². The highest BCUT2D eigenvalue weighted by Gasteiger charge is 2.41. The van der Waals surface area contributed by atoms with Gasteiger partial charge >= 0.3 is 5.97 Å². The molecule has 0 amide bonds. The number of hydrogen-bond acceptors (Lipinski definition) is 7. The highest BCUT2D eigenvalue weighted by atomic mass is 16.5. The fourth-order valence-corrected chi connectivity index (χ4v) is 2.70. The molecule has 0 heterocycles. The van der Waals surface area contributed by atoms with Crippen LogP contribution >= 0.6 is 0 Å². The molecule has 0 aromatic heterocycles. The average Bonchev–Trinajstić information content (AvgIpc) is 2.63. The third-order valence-electron chi connectivity index (χ3n) is 3.87. The summed E-state index contributed by atoms with van der Waals surface area (Å²) < 4.78 is 5.00. The minimum Gasteiger partial charge on any atom is -0.465 e. The number of nitriles is 3. The Morgan fingerprint density at radius 3 is 2.15 bits per heavy atom. The summed E-state index contributed by atoms with van der Waals surface area (Å²) in [5.74, 6) is -4.79. The molecule has 132 valence electrons. The van der Waals surface area contributed by atoms with Crippen molar-refractivity contribution < 1.29 is 14.3 Å². The highest BCUT2D eigenvalue weighted by Crippen LogP contribution is 2.37. The van der Waals surface area contributed by atoms with Gasteiger partial charge in [-0.3, -0.25) is 9.59 Å². The number of Topliss-reactive ketones (excluding diaryl/α,β-unsaturated/α-hetero) is 1. The van der Waals surface area contributed by atoms with Crippen LogP contribution in [0.3, 0.4) is 0 Å². The summed E-state index contributed by atoms with van der Waals surface area (Å²) in [5.41, 5.74) is 5.69. The summed E-state index contributed by atoms with van der Waals surface area (Å²) in [6, 6.07) is 13.6. The molecule has 3 atom stereocenters. The molecule has 0 saturated heterocycles. The molecule has 0 fully saturated rings. The lowest BCUT2D eigenvalue weighted by molar-refractivity contribution is -0.152. The van der Waals surface area contributed by atoms with Gasteiger partial charge in [-0.1, -0.05) is 30.3 Å². The van der Waals surface area contributed by atoms with Crippen LogP contribution in [0.2, 0.25) is 0 Å². The minimum atomic E-state index is -1.29. The molecule has 1 aromatic carbocycles. The van der Waals surface area contributed by atoms with E-state index in [9.17, 15) is 14.9 Å². The van der Waals surface area contributed by atoms with Gasteiger partial charge in [-0.2, -0.15) is 15.8 Å². The van der Waals surface area contributed by atoms with Crippen LogP contribution in [-0.4, -0.2) is 18.4 Å². The molecular weight excluding hydrogens is 332 g/mol. The zero-order valence-corrected chi connectivity index (χ0v) is 14.5. The Balaban J connectivity index is 3.66. The number of rotatable bonds is 7. The van der Waals surface area contributed by atoms with Crippen LogP contribution < -0.4 is 5.73 Å². The largest absolute Gasteiger partial charge is 0.465 e. The van der Waals surface area contributed by atoms with Gasteiger partial charge in [0.25, 0.3) is 0 Å². The van der Waals surface area contributed by atoms with E-state index < -0.39 is 35.1 Å². The Kier molecular flexibility index (Phi) is 7.55. The molecule has 1 aromatic rings. The number of allylic oxidation sites excluding steroid dienone is 2. The van der Waals surface area contributed by atoms with Gasteiger partial charge in [0.15, 0.2) is 0 Å². The van der Waals surface area contributed by atoms with Crippen LogP contribution in [0.25, 0.3) is 0 Å².